The largest absolute Gasteiger partial charge is 0.315 e. The fraction of sp³-hybridized carbons (Fsp3) is 0.316. The fourth-order valence-electron chi connectivity index (χ4n) is 3.46. The molecule has 1 N–H and O–H groups in total. The number of non-ortho nitro benzene ring substituents is 1. The van der Waals surface area contributed by atoms with Gasteiger partial charge in [-0.1, -0.05) is 0 Å². The highest BCUT2D eigenvalue weighted by molar-refractivity contribution is 5.67. The molecule has 0 aliphatic carbocycles. The number of hydrogen-bond donors (Lipinski definition) is 1. The summed E-state index contributed by atoms with van der Waals surface area (Å²) in [4.78, 5) is 17.5. The summed E-state index contributed by atoms with van der Waals surface area (Å²) in [6.45, 7) is 4.40. The molecular weight excluding hydrogens is 349 g/mol. The van der Waals surface area contributed by atoms with E-state index >= 15 is 0 Å². The quantitative estimate of drug-likeness (QED) is 0.565. The standard InChI is InChI=1S/C19H20FN5O2/c20-15-4-7-18-22-19(14-2-5-16(6-3-14)25(26)27)17(24(18)12-15)13-23-10-1-8-21-9-11-23/h2-7,12,21H,1,8-11,13H2. The zero-order valence-corrected chi connectivity index (χ0v) is 14.8. The second-order valence-electron chi connectivity index (χ2n) is 6.67. The second-order valence-corrected chi connectivity index (χ2v) is 6.67. The molecule has 1 aromatic carbocycles. The lowest BCUT2D eigenvalue weighted by Gasteiger charge is -2.20. The van der Waals surface area contributed by atoms with Crippen molar-refractivity contribution in [3.8, 4) is 11.3 Å². The molecule has 1 fully saturated rings. The smallest absolute Gasteiger partial charge is 0.269 e. The number of halogens is 1. The average Bonchev–Trinajstić information content (AvgIpc) is 2.83. The molecule has 0 amide bonds. The third-order valence-corrected chi connectivity index (χ3v) is 4.84. The number of aromatic nitrogens is 2. The van der Waals surface area contributed by atoms with Crippen LogP contribution in [0, 0.1) is 15.9 Å². The molecule has 0 unspecified atom stereocenters. The topological polar surface area (TPSA) is 75.7 Å². The van der Waals surface area contributed by atoms with Crippen molar-refractivity contribution in [2.75, 3.05) is 26.2 Å². The number of benzene rings is 1. The van der Waals surface area contributed by atoms with Gasteiger partial charge in [0.25, 0.3) is 5.69 Å². The van der Waals surface area contributed by atoms with Crippen molar-refractivity contribution < 1.29 is 9.31 Å². The van der Waals surface area contributed by atoms with Gasteiger partial charge in [0.2, 0.25) is 0 Å². The number of nitrogens with zero attached hydrogens (tertiary/aromatic N) is 4. The Morgan fingerprint density at radius 3 is 2.74 bits per heavy atom. The van der Waals surface area contributed by atoms with Gasteiger partial charge in [0.15, 0.2) is 0 Å². The second kappa shape index (κ2) is 7.42. The van der Waals surface area contributed by atoms with Crippen molar-refractivity contribution in [2.24, 2.45) is 0 Å². The lowest BCUT2D eigenvalue weighted by Crippen LogP contribution is -2.28. The van der Waals surface area contributed by atoms with Crippen molar-refractivity contribution in [3.63, 3.8) is 0 Å². The van der Waals surface area contributed by atoms with Crippen molar-refractivity contribution in [1.29, 1.82) is 0 Å². The zero-order valence-electron chi connectivity index (χ0n) is 14.8. The molecule has 0 bridgehead atoms. The molecule has 0 saturated carbocycles. The molecule has 8 heteroatoms. The maximum atomic E-state index is 13.9. The average molecular weight is 369 g/mol. The van der Waals surface area contributed by atoms with E-state index in [0.717, 1.165) is 49.6 Å². The Hall–Kier alpha value is -2.84. The maximum Gasteiger partial charge on any atom is 0.269 e. The third kappa shape index (κ3) is 3.67. The molecule has 0 atom stereocenters. The molecular formula is C19H20FN5O2. The lowest BCUT2D eigenvalue weighted by atomic mass is 10.1. The molecule has 1 saturated heterocycles. The van der Waals surface area contributed by atoms with Gasteiger partial charge >= 0.3 is 0 Å². The molecule has 1 aliphatic heterocycles. The highest BCUT2D eigenvalue weighted by Crippen LogP contribution is 2.28. The summed E-state index contributed by atoms with van der Waals surface area (Å²) in [5, 5.41) is 14.3. The van der Waals surface area contributed by atoms with Gasteiger partial charge in [-0.25, -0.2) is 9.37 Å². The van der Waals surface area contributed by atoms with Gasteiger partial charge in [-0.15, -0.1) is 0 Å². The molecule has 140 valence electrons. The van der Waals surface area contributed by atoms with Crippen LogP contribution in [0.25, 0.3) is 16.9 Å². The summed E-state index contributed by atoms with van der Waals surface area (Å²) in [6.07, 6.45) is 2.50. The van der Waals surface area contributed by atoms with E-state index in [0.29, 0.717) is 12.2 Å². The summed E-state index contributed by atoms with van der Waals surface area (Å²) in [7, 11) is 0. The molecule has 0 radical (unpaired) electrons. The number of nitrogens with one attached hydrogen (secondary N) is 1. The fourth-order valence-corrected chi connectivity index (χ4v) is 3.46. The summed E-state index contributed by atoms with van der Waals surface area (Å²) in [5.74, 6) is -0.325. The number of nitro benzene ring substituents is 1. The number of pyridine rings is 1. The number of fused-ring (bicyclic) bond motifs is 1. The molecule has 1 aliphatic rings. The minimum absolute atomic E-state index is 0.0358. The maximum absolute atomic E-state index is 13.9. The third-order valence-electron chi connectivity index (χ3n) is 4.84. The molecule has 2 aromatic heterocycles. The van der Waals surface area contributed by atoms with E-state index in [1.165, 1.54) is 24.4 Å². The van der Waals surface area contributed by atoms with Gasteiger partial charge in [0.05, 0.1) is 16.3 Å². The first-order valence-electron chi connectivity index (χ1n) is 8.96. The Morgan fingerprint density at radius 1 is 1.15 bits per heavy atom. The van der Waals surface area contributed by atoms with Crippen LogP contribution in [-0.2, 0) is 6.54 Å². The highest BCUT2D eigenvalue weighted by atomic mass is 19.1. The zero-order chi connectivity index (χ0) is 18.8. The van der Waals surface area contributed by atoms with Gasteiger partial charge in [-0.05, 0) is 43.8 Å². The molecule has 0 spiro atoms. The first-order chi connectivity index (χ1) is 13.1. The van der Waals surface area contributed by atoms with Crippen LogP contribution < -0.4 is 5.32 Å². The van der Waals surface area contributed by atoms with Crippen LogP contribution in [0.15, 0.2) is 42.6 Å². The summed E-state index contributed by atoms with van der Waals surface area (Å²) in [6, 6.07) is 9.38. The summed E-state index contributed by atoms with van der Waals surface area (Å²) >= 11 is 0. The van der Waals surface area contributed by atoms with Crippen molar-refractivity contribution >= 4 is 11.3 Å². The molecule has 3 heterocycles. The lowest BCUT2D eigenvalue weighted by molar-refractivity contribution is -0.384. The van der Waals surface area contributed by atoms with Gasteiger partial charge in [0.1, 0.15) is 11.5 Å². The van der Waals surface area contributed by atoms with Crippen molar-refractivity contribution in [1.82, 2.24) is 19.6 Å². The molecule has 7 nitrogen and oxygen atoms in total. The molecule has 3 aromatic rings. The Labute approximate surface area is 155 Å². The Morgan fingerprint density at radius 2 is 1.96 bits per heavy atom. The summed E-state index contributed by atoms with van der Waals surface area (Å²) in [5.41, 5.74) is 3.10. The number of imidazole rings is 1. The number of nitro groups is 1. The number of hydrogen-bond acceptors (Lipinski definition) is 5. The van der Waals surface area contributed by atoms with Gasteiger partial charge in [-0.2, -0.15) is 0 Å². The van der Waals surface area contributed by atoms with Crippen LogP contribution in [0.5, 0.6) is 0 Å². The first-order valence-corrected chi connectivity index (χ1v) is 8.96. The predicted octanol–water partition coefficient (Wildman–Crippen LogP) is 2.84. The van der Waals surface area contributed by atoms with E-state index in [9.17, 15) is 14.5 Å². The minimum atomic E-state index is -0.423. The monoisotopic (exact) mass is 369 g/mol. The Balaban J connectivity index is 1.77. The van der Waals surface area contributed by atoms with Crippen molar-refractivity contribution in [2.45, 2.75) is 13.0 Å². The van der Waals surface area contributed by atoms with E-state index in [1.807, 2.05) is 0 Å². The van der Waals surface area contributed by atoms with E-state index in [1.54, 1.807) is 22.6 Å². The van der Waals surface area contributed by atoms with Gasteiger partial charge < -0.3 is 5.32 Å². The predicted molar refractivity (Wildman–Crippen MR) is 100 cm³/mol. The van der Waals surface area contributed by atoms with Crippen LogP contribution in [0.2, 0.25) is 0 Å². The normalized spacial score (nSPS) is 15.7. The number of rotatable bonds is 4. The SMILES string of the molecule is O=[N+]([O-])c1ccc(-c2nc3ccc(F)cn3c2CN2CCCNCC2)cc1. The summed E-state index contributed by atoms with van der Waals surface area (Å²) < 4.78 is 15.6. The van der Waals surface area contributed by atoms with E-state index in [-0.39, 0.29) is 11.5 Å². The molecule has 27 heavy (non-hydrogen) atoms. The van der Waals surface area contributed by atoms with E-state index in [4.69, 9.17) is 0 Å². The Bertz CT molecular complexity index is 962. The Kier molecular flexibility index (Phi) is 4.83. The van der Waals surface area contributed by atoms with Crippen molar-refractivity contribution in [3.05, 3.63) is 64.2 Å². The van der Waals surface area contributed by atoms with Crippen LogP contribution in [0.3, 0.4) is 0 Å². The minimum Gasteiger partial charge on any atom is -0.315 e. The van der Waals surface area contributed by atoms with Gasteiger partial charge in [0, 0.05) is 43.5 Å². The first kappa shape index (κ1) is 17.6. The van der Waals surface area contributed by atoms with Crippen LogP contribution in [-0.4, -0.2) is 45.4 Å². The van der Waals surface area contributed by atoms with E-state index in [2.05, 4.69) is 15.2 Å². The van der Waals surface area contributed by atoms with Crippen LogP contribution in [0.1, 0.15) is 12.1 Å². The van der Waals surface area contributed by atoms with E-state index < -0.39 is 4.92 Å². The van der Waals surface area contributed by atoms with Crippen LogP contribution >= 0.6 is 0 Å². The highest BCUT2D eigenvalue weighted by Gasteiger charge is 2.19. The van der Waals surface area contributed by atoms with Gasteiger partial charge in [-0.3, -0.25) is 19.4 Å². The molecule has 4 rings (SSSR count). The van der Waals surface area contributed by atoms with Crippen LogP contribution in [0.4, 0.5) is 10.1 Å².